The molecule has 0 aromatic heterocycles. The van der Waals surface area contributed by atoms with Gasteiger partial charge in [-0.15, -0.1) is 0 Å². The van der Waals surface area contributed by atoms with Gasteiger partial charge in [0.05, 0.1) is 11.7 Å². The molecule has 18 heavy (non-hydrogen) atoms. The summed E-state index contributed by atoms with van der Waals surface area (Å²) < 4.78 is 37.8. The molecular formula is C13H16F3NO. The second kappa shape index (κ2) is 4.55. The zero-order valence-corrected chi connectivity index (χ0v) is 9.87. The molecule has 2 rings (SSSR count). The summed E-state index contributed by atoms with van der Waals surface area (Å²) in [5.74, 6) is 0. The Bertz CT molecular complexity index is 424. The molecule has 1 aliphatic carbocycles. The highest BCUT2D eigenvalue weighted by molar-refractivity contribution is 5.29. The number of rotatable bonds is 2. The van der Waals surface area contributed by atoms with Crippen molar-refractivity contribution in [2.24, 2.45) is 5.73 Å². The molecule has 100 valence electrons. The van der Waals surface area contributed by atoms with Gasteiger partial charge in [-0.3, -0.25) is 0 Å². The van der Waals surface area contributed by atoms with Crippen molar-refractivity contribution in [2.45, 2.75) is 43.5 Å². The Kier molecular flexibility index (Phi) is 3.38. The maximum absolute atomic E-state index is 12.6. The van der Waals surface area contributed by atoms with Crippen molar-refractivity contribution >= 4 is 0 Å². The fourth-order valence-corrected chi connectivity index (χ4v) is 2.52. The predicted molar refractivity (Wildman–Crippen MR) is 61.8 cm³/mol. The van der Waals surface area contributed by atoms with Crippen LogP contribution in [0.1, 0.15) is 42.9 Å². The van der Waals surface area contributed by atoms with Gasteiger partial charge in [0.15, 0.2) is 0 Å². The van der Waals surface area contributed by atoms with Gasteiger partial charge in [0, 0.05) is 5.54 Å². The first-order valence-corrected chi connectivity index (χ1v) is 5.97. The Morgan fingerprint density at radius 1 is 1.22 bits per heavy atom. The van der Waals surface area contributed by atoms with Crippen molar-refractivity contribution < 1.29 is 18.3 Å². The number of alkyl halides is 3. The fourth-order valence-electron chi connectivity index (χ4n) is 2.52. The van der Waals surface area contributed by atoms with Crippen molar-refractivity contribution in [1.29, 1.82) is 0 Å². The Labute approximate surface area is 104 Å². The van der Waals surface area contributed by atoms with Crippen LogP contribution in [0.4, 0.5) is 13.2 Å². The molecule has 1 saturated carbocycles. The molecular weight excluding hydrogens is 243 g/mol. The minimum Gasteiger partial charge on any atom is -0.386 e. The fraction of sp³-hybridized carbons (Fsp3) is 0.538. The Hall–Kier alpha value is -1.07. The van der Waals surface area contributed by atoms with Crippen molar-refractivity contribution in [1.82, 2.24) is 0 Å². The molecule has 1 unspecified atom stereocenters. The summed E-state index contributed by atoms with van der Waals surface area (Å²) in [4.78, 5) is 0. The third kappa shape index (κ3) is 2.52. The molecule has 0 spiro atoms. The molecule has 2 nitrogen and oxygen atoms in total. The highest BCUT2D eigenvalue weighted by atomic mass is 19.4. The lowest BCUT2D eigenvalue weighted by atomic mass is 9.86. The molecule has 1 atom stereocenters. The van der Waals surface area contributed by atoms with Crippen LogP contribution in [-0.4, -0.2) is 10.6 Å². The maximum atomic E-state index is 12.6. The minimum absolute atomic E-state index is 0.245. The highest BCUT2D eigenvalue weighted by Gasteiger charge is 2.38. The van der Waals surface area contributed by atoms with Crippen LogP contribution >= 0.6 is 0 Å². The van der Waals surface area contributed by atoms with Gasteiger partial charge in [0.2, 0.25) is 0 Å². The number of benzene rings is 1. The van der Waals surface area contributed by atoms with E-state index in [4.69, 9.17) is 5.73 Å². The molecule has 5 heteroatoms. The lowest BCUT2D eigenvalue weighted by Gasteiger charge is -2.30. The lowest BCUT2D eigenvalue weighted by molar-refractivity contribution is -0.137. The van der Waals surface area contributed by atoms with Crippen LogP contribution in [0.5, 0.6) is 0 Å². The van der Waals surface area contributed by atoms with Crippen molar-refractivity contribution in [2.75, 3.05) is 0 Å². The van der Waals surface area contributed by atoms with Gasteiger partial charge in [-0.1, -0.05) is 25.0 Å². The molecule has 1 fully saturated rings. The van der Waals surface area contributed by atoms with Crippen LogP contribution in [0.3, 0.4) is 0 Å². The van der Waals surface area contributed by atoms with Gasteiger partial charge in [-0.2, -0.15) is 13.2 Å². The number of aliphatic hydroxyl groups is 1. The van der Waals surface area contributed by atoms with Gasteiger partial charge in [0.1, 0.15) is 0 Å². The third-order valence-corrected chi connectivity index (χ3v) is 3.61. The van der Waals surface area contributed by atoms with Gasteiger partial charge >= 0.3 is 6.18 Å². The van der Waals surface area contributed by atoms with Crippen LogP contribution in [0.25, 0.3) is 0 Å². The molecule has 0 amide bonds. The van der Waals surface area contributed by atoms with E-state index in [0.717, 1.165) is 25.0 Å². The van der Waals surface area contributed by atoms with Crippen LogP contribution in [0, 0.1) is 0 Å². The maximum Gasteiger partial charge on any atom is 0.416 e. The van der Waals surface area contributed by atoms with E-state index in [9.17, 15) is 18.3 Å². The molecule has 0 saturated heterocycles. The molecule has 0 aliphatic heterocycles. The van der Waals surface area contributed by atoms with E-state index in [0.29, 0.717) is 12.8 Å². The average Bonchev–Trinajstić information content (AvgIpc) is 2.75. The second-order valence-corrected chi connectivity index (χ2v) is 4.97. The van der Waals surface area contributed by atoms with E-state index in [1.807, 2.05) is 0 Å². The van der Waals surface area contributed by atoms with Crippen molar-refractivity contribution in [3.8, 4) is 0 Å². The zero-order valence-electron chi connectivity index (χ0n) is 9.87. The number of nitrogens with two attached hydrogens (primary N) is 1. The summed E-state index contributed by atoms with van der Waals surface area (Å²) in [6.45, 7) is 0. The van der Waals surface area contributed by atoms with E-state index in [1.165, 1.54) is 12.1 Å². The standard InChI is InChI=1S/C13H16F3NO/c14-13(15,16)10-5-3-4-9(8-10)11(18)12(17)6-1-2-7-12/h3-5,8,11,18H,1-2,6-7,17H2. The highest BCUT2D eigenvalue weighted by Crippen LogP contribution is 2.39. The molecule has 0 heterocycles. The van der Waals surface area contributed by atoms with Crippen LogP contribution < -0.4 is 5.73 Å². The number of halogens is 3. The van der Waals surface area contributed by atoms with Crippen LogP contribution in [0.2, 0.25) is 0 Å². The number of aliphatic hydroxyl groups excluding tert-OH is 1. The first kappa shape index (κ1) is 13.4. The number of hydrogen-bond donors (Lipinski definition) is 2. The summed E-state index contributed by atoms with van der Waals surface area (Å²) in [6, 6.07) is 4.78. The molecule has 1 aromatic rings. The van der Waals surface area contributed by atoms with E-state index >= 15 is 0 Å². The van der Waals surface area contributed by atoms with Gasteiger partial charge in [-0.25, -0.2) is 0 Å². The molecule has 0 radical (unpaired) electrons. The summed E-state index contributed by atoms with van der Waals surface area (Å²) in [6.07, 6.45) is -2.33. The summed E-state index contributed by atoms with van der Waals surface area (Å²) in [5.41, 5.74) is 4.77. The van der Waals surface area contributed by atoms with Crippen molar-refractivity contribution in [3.63, 3.8) is 0 Å². The average molecular weight is 259 g/mol. The Morgan fingerprint density at radius 3 is 2.39 bits per heavy atom. The van der Waals surface area contributed by atoms with Gasteiger partial charge in [0.25, 0.3) is 0 Å². The SMILES string of the molecule is NC1(C(O)c2cccc(C(F)(F)F)c2)CCCC1. The molecule has 1 aromatic carbocycles. The van der Waals surface area contributed by atoms with E-state index in [1.54, 1.807) is 0 Å². The third-order valence-electron chi connectivity index (χ3n) is 3.61. The Balaban J connectivity index is 2.28. The number of hydrogen-bond acceptors (Lipinski definition) is 2. The normalized spacial score (nSPS) is 20.9. The summed E-state index contributed by atoms with van der Waals surface area (Å²) in [7, 11) is 0. The topological polar surface area (TPSA) is 46.2 Å². The quantitative estimate of drug-likeness (QED) is 0.857. The van der Waals surface area contributed by atoms with E-state index in [2.05, 4.69) is 0 Å². The summed E-state index contributed by atoms with van der Waals surface area (Å²) in [5, 5.41) is 10.2. The molecule has 0 bridgehead atoms. The summed E-state index contributed by atoms with van der Waals surface area (Å²) >= 11 is 0. The van der Waals surface area contributed by atoms with Crippen LogP contribution in [0.15, 0.2) is 24.3 Å². The monoisotopic (exact) mass is 259 g/mol. The lowest BCUT2D eigenvalue weighted by Crippen LogP contribution is -2.43. The molecule has 3 N–H and O–H groups in total. The van der Waals surface area contributed by atoms with Crippen LogP contribution in [-0.2, 0) is 6.18 Å². The zero-order chi connectivity index (χ0) is 13.4. The minimum atomic E-state index is -4.40. The smallest absolute Gasteiger partial charge is 0.386 e. The van der Waals surface area contributed by atoms with Gasteiger partial charge < -0.3 is 10.8 Å². The van der Waals surface area contributed by atoms with E-state index < -0.39 is 23.4 Å². The second-order valence-electron chi connectivity index (χ2n) is 4.97. The van der Waals surface area contributed by atoms with Gasteiger partial charge in [-0.05, 0) is 30.5 Å². The molecule has 1 aliphatic rings. The first-order chi connectivity index (χ1) is 8.33. The van der Waals surface area contributed by atoms with E-state index in [-0.39, 0.29) is 5.56 Å². The predicted octanol–water partition coefficient (Wildman–Crippen LogP) is 3.01. The van der Waals surface area contributed by atoms with Crippen molar-refractivity contribution in [3.05, 3.63) is 35.4 Å². The largest absolute Gasteiger partial charge is 0.416 e. The first-order valence-electron chi connectivity index (χ1n) is 5.97. The Morgan fingerprint density at radius 2 is 1.83 bits per heavy atom.